The van der Waals surface area contributed by atoms with Crippen molar-refractivity contribution in [3.8, 4) is 0 Å². The van der Waals surface area contributed by atoms with Crippen molar-refractivity contribution in [1.29, 1.82) is 0 Å². The fourth-order valence-electron chi connectivity index (χ4n) is 2.99. The summed E-state index contributed by atoms with van der Waals surface area (Å²) in [5.41, 5.74) is 1.79. The lowest BCUT2D eigenvalue weighted by atomic mass is 9.95. The van der Waals surface area contributed by atoms with Gasteiger partial charge in [0.05, 0.1) is 12.7 Å². The van der Waals surface area contributed by atoms with Crippen LogP contribution in [0, 0.1) is 0 Å². The van der Waals surface area contributed by atoms with E-state index in [1.54, 1.807) is 17.5 Å². The van der Waals surface area contributed by atoms with Crippen LogP contribution in [0.4, 0.5) is 5.00 Å². The second-order valence-electron chi connectivity index (χ2n) is 5.91. The van der Waals surface area contributed by atoms with Crippen molar-refractivity contribution in [2.75, 3.05) is 19.0 Å². The van der Waals surface area contributed by atoms with Crippen molar-refractivity contribution >= 4 is 39.6 Å². The largest absolute Gasteiger partial charge is 0.465 e. The number of nitrogens with one attached hydrogen (secondary N) is 2. The number of hydrogen-bond donors (Lipinski definition) is 2. The van der Waals surface area contributed by atoms with Gasteiger partial charge < -0.3 is 15.4 Å². The third kappa shape index (κ3) is 4.38. The van der Waals surface area contributed by atoms with Crippen molar-refractivity contribution in [2.24, 2.45) is 0 Å². The Balaban J connectivity index is 1.58. The lowest BCUT2D eigenvalue weighted by Gasteiger charge is -2.12. The number of hydrogen-bond acceptors (Lipinski definition) is 5. The molecular weight excluding hydrogens is 356 g/mol. The van der Waals surface area contributed by atoms with Gasteiger partial charge in [0.2, 0.25) is 0 Å². The molecule has 0 amide bonds. The number of aryl methyl sites for hydroxylation is 2. The number of esters is 1. The summed E-state index contributed by atoms with van der Waals surface area (Å²) < 4.78 is 6.87. The Bertz CT molecular complexity index is 740. The molecule has 3 rings (SSSR count). The smallest absolute Gasteiger partial charge is 0.341 e. The first-order valence-electron chi connectivity index (χ1n) is 8.44. The molecule has 0 aliphatic heterocycles. The van der Waals surface area contributed by atoms with E-state index < -0.39 is 0 Å². The van der Waals surface area contributed by atoms with E-state index in [-0.39, 0.29) is 5.97 Å². The minimum atomic E-state index is -0.289. The van der Waals surface area contributed by atoms with Crippen molar-refractivity contribution in [2.45, 2.75) is 38.6 Å². The minimum Gasteiger partial charge on any atom is -0.465 e. The first-order chi connectivity index (χ1) is 12.2. The normalized spacial score (nSPS) is 13.2. The van der Waals surface area contributed by atoms with Crippen LogP contribution in [0.15, 0.2) is 18.5 Å². The third-order valence-corrected chi connectivity index (χ3v) is 5.65. The third-order valence-electron chi connectivity index (χ3n) is 4.20. The second-order valence-corrected chi connectivity index (χ2v) is 7.42. The van der Waals surface area contributed by atoms with Crippen LogP contribution in [0.1, 0.15) is 40.1 Å². The number of fused-ring (bicyclic) bond motifs is 1. The SMILES string of the molecule is COC(=O)c1c(NC(=S)NCCCn2cccn2)sc2c1CCCC2. The molecule has 0 radical (unpaired) electrons. The molecule has 0 unspecified atom stereocenters. The maximum atomic E-state index is 12.2. The van der Waals surface area contributed by atoms with E-state index in [0.717, 1.165) is 49.3 Å². The molecule has 0 fully saturated rings. The fraction of sp³-hybridized carbons (Fsp3) is 0.471. The molecule has 2 aromatic rings. The van der Waals surface area contributed by atoms with Crippen LogP contribution in [-0.2, 0) is 24.1 Å². The molecule has 0 atom stereocenters. The number of aromatic nitrogens is 2. The first-order valence-corrected chi connectivity index (χ1v) is 9.66. The highest BCUT2D eigenvalue weighted by Crippen LogP contribution is 2.38. The Morgan fingerprint density at radius 2 is 2.28 bits per heavy atom. The van der Waals surface area contributed by atoms with E-state index in [0.29, 0.717) is 10.7 Å². The molecular formula is C17H22N4O2S2. The van der Waals surface area contributed by atoms with Crippen LogP contribution in [0.3, 0.4) is 0 Å². The highest BCUT2D eigenvalue weighted by Gasteiger charge is 2.26. The van der Waals surface area contributed by atoms with E-state index in [1.165, 1.54) is 18.4 Å². The van der Waals surface area contributed by atoms with Gasteiger partial charge >= 0.3 is 5.97 Å². The van der Waals surface area contributed by atoms with Gasteiger partial charge in [-0.15, -0.1) is 11.3 Å². The highest BCUT2D eigenvalue weighted by atomic mass is 32.1. The number of carbonyl (C=O) groups excluding carboxylic acids is 1. The average Bonchev–Trinajstić information content (AvgIpc) is 3.25. The van der Waals surface area contributed by atoms with Crippen LogP contribution in [0.25, 0.3) is 0 Å². The molecule has 1 aliphatic rings. The van der Waals surface area contributed by atoms with Crippen molar-refractivity contribution in [3.05, 3.63) is 34.5 Å². The van der Waals surface area contributed by atoms with Gasteiger partial charge in [0, 0.05) is 30.4 Å². The van der Waals surface area contributed by atoms with Crippen LogP contribution in [-0.4, -0.2) is 34.5 Å². The maximum Gasteiger partial charge on any atom is 0.341 e. The number of nitrogens with zero attached hydrogens (tertiary/aromatic N) is 2. The molecule has 0 bridgehead atoms. The summed E-state index contributed by atoms with van der Waals surface area (Å²) in [7, 11) is 1.42. The molecule has 6 nitrogen and oxygen atoms in total. The molecule has 0 aromatic carbocycles. The molecule has 2 aromatic heterocycles. The van der Waals surface area contributed by atoms with E-state index >= 15 is 0 Å². The summed E-state index contributed by atoms with van der Waals surface area (Å²) in [4.78, 5) is 13.5. The molecule has 2 N–H and O–H groups in total. The van der Waals surface area contributed by atoms with Gasteiger partial charge in [0.1, 0.15) is 5.00 Å². The fourth-order valence-corrected chi connectivity index (χ4v) is 4.55. The maximum absolute atomic E-state index is 12.2. The zero-order chi connectivity index (χ0) is 17.6. The van der Waals surface area contributed by atoms with Gasteiger partial charge in [-0.05, 0) is 56.0 Å². The molecule has 1 aliphatic carbocycles. The van der Waals surface area contributed by atoms with Crippen molar-refractivity contribution in [1.82, 2.24) is 15.1 Å². The number of methoxy groups -OCH3 is 1. The van der Waals surface area contributed by atoms with E-state index in [1.807, 2.05) is 16.9 Å². The van der Waals surface area contributed by atoms with Gasteiger partial charge in [-0.25, -0.2) is 4.79 Å². The zero-order valence-electron chi connectivity index (χ0n) is 14.2. The summed E-state index contributed by atoms with van der Waals surface area (Å²) in [5.74, 6) is -0.289. The van der Waals surface area contributed by atoms with E-state index in [9.17, 15) is 4.79 Å². The Labute approximate surface area is 156 Å². The molecule has 0 saturated carbocycles. The van der Waals surface area contributed by atoms with Gasteiger partial charge in [-0.2, -0.15) is 5.10 Å². The average molecular weight is 379 g/mol. The lowest BCUT2D eigenvalue weighted by Crippen LogP contribution is -2.30. The number of anilines is 1. The number of ether oxygens (including phenoxy) is 1. The topological polar surface area (TPSA) is 68.2 Å². The molecule has 8 heteroatoms. The summed E-state index contributed by atoms with van der Waals surface area (Å²) in [5, 5.41) is 11.9. The lowest BCUT2D eigenvalue weighted by molar-refractivity contribution is 0.0601. The van der Waals surface area contributed by atoms with E-state index in [2.05, 4.69) is 15.7 Å². The standard InChI is InChI=1S/C17H22N4O2S2/c1-23-16(22)14-12-6-2-3-7-13(12)25-15(14)20-17(24)18-8-4-10-21-11-5-9-19-21/h5,9,11H,2-4,6-8,10H2,1H3,(H2,18,20,24). The predicted octanol–water partition coefficient (Wildman–Crippen LogP) is 2.99. The summed E-state index contributed by atoms with van der Waals surface area (Å²) >= 11 is 7.00. The monoisotopic (exact) mass is 378 g/mol. The summed E-state index contributed by atoms with van der Waals surface area (Å²) in [6.07, 6.45) is 8.86. The number of thiocarbonyl (C=S) groups is 1. The molecule has 0 saturated heterocycles. The molecule has 2 heterocycles. The van der Waals surface area contributed by atoms with Gasteiger partial charge in [-0.1, -0.05) is 0 Å². The Kier molecular flexibility index (Phi) is 6.04. The van der Waals surface area contributed by atoms with Crippen LogP contribution in [0.2, 0.25) is 0 Å². The van der Waals surface area contributed by atoms with Crippen LogP contribution >= 0.6 is 23.6 Å². The minimum absolute atomic E-state index is 0.289. The Morgan fingerprint density at radius 1 is 1.44 bits per heavy atom. The quantitative estimate of drug-likeness (QED) is 0.458. The molecule has 134 valence electrons. The van der Waals surface area contributed by atoms with Crippen molar-refractivity contribution in [3.63, 3.8) is 0 Å². The predicted molar refractivity (Wildman–Crippen MR) is 103 cm³/mol. The number of thiophene rings is 1. The summed E-state index contributed by atoms with van der Waals surface area (Å²) in [6, 6.07) is 1.91. The number of carbonyl (C=O) groups is 1. The van der Waals surface area contributed by atoms with Crippen LogP contribution < -0.4 is 10.6 Å². The van der Waals surface area contributed by atoms with Crippen LogP contribution in [0.5, 0.6) is 0 Å². The number of rotatable bonds is 6. The first kappa shape index (κ1) is 17.9. The zero-order valence-corrected chi connectivity index (χ0v) is 15.8. The van der Waals surface area contributed by atoms with Gasteiger partial charge in [0.25, 0.3) is 0 Å². The van der Waals surface area contributed by atoms with Crippen molar-refractivity contribution < 1.29 is 9.53 Å². The van der Waals surface area contributed by atoms with Gasteiger partial charge in [0.15, 0.2) is 5.11 Å². The Hall–Kier alpha value is -1.93. The van der Waals surface area contributed by atoms with Gasteiger partial charge in [-0.3, -0.25) is 4.68 Å². The second kappa shape index (κ2) is 8.44. The molecule has 25 heavy (non-hydrogen) atoms. The summed E-state index contributed by atoms with van der Waals surface area (Å²) in [6.45, 7) is 1.58. The highest BCUT2D eigenvalue weighted by molar-refractivity contribution is 7.80. The molecule has 0 spiro atoms. The van der Waals surface area contributed by atoms with E-state index in [4.69, 9.17) is 17.0 Å². The Morgan fingerprint density at radius 3 is 3.04 bits per heavy atom.